The number of nitrogens with zero attached hydrogens (tertiary/aromatic N) is 1. The van der Waals surface area contributed by atoms with Crippen LogP contribution < -0.4 is 5.73 Å². The Morgan fingerprint density at radius 2 is 2.06 bits per heavy atom. The first kappa shape index (κ1) is 13.5. The Labute approximate surface area is 110 Å². The van der Waals surface area contributed by atoms with Gasteiger partial charge >= 0.3 is 0 Å². The van der Waals surface area contributed by atoms with E-state index in [2.05, 4.69) is 36.1 Å². The molecule has 3 N–H and O–H groups in total. The van der Waals surface area contributed by atoms with Crippen LogP contribution >= 0.6 is 0 Å². The molecule has 1 unspecified atom stereocenters. The summed E-state index contributed by atoms with van der Waals surface area (Å²) in [6.07, 6.45) is 1.66. The van der Waals surface area contributed by atoms with Crippen molar-refractivity contribution in [2.24, 2.45) is 5.73 Å². The van der Waals surface area contributed by atoms with Gasteiger partial charge < -0.3 is 10.8 Å². The largest absolute Gasteiger partial charge is 0.390 e. The molecule has 0 spiro atoms. The van der Waals surface area contributed by atoms with E-state index in [1.165, 1.54) is 11.1 Å². The topological polar surface area (TPSA) is 49.5 Å². The highest BCUT2D eigenvalue weighted by atomic mass is 16.3. The van der Waals surface area contributed by atoms with Gasteiger partial charge in [-0.15, -0.1) is 0 Å². The van der Waals surface area contributed by atoms with Crippen LogP contribution in [-0.4, -0.2) is 35.2 Å². The lowest BCUT2D eigenvalue weighted by Gasteiger charge is -2.40. The second-order valence-corrected chi connectivity index (χ2v) is 5.70. The standard InChI is InChI=1S/C15H24N2O/c1-12-4-3-5-13(10-12)14(11-16)17-8-6-15(2,18)7-9-17/h3-5,10,14,18H,6-9,11,16H2,1-2H3. The van der Waals surface area contributed by atoms with Crippen LogP contribution in [0.1, 0.15) is 36.9 Å². The maximum absolute atomic E-state index is 10.0. The molecule has 0 bridgehead atoms. The predicted molar refractivity (Wildman–Crippen MR) is 74.4 cm³/mol. The van der Waals surface area contributed by atoms with Crippen molar-refractivity contribution in [3.05, 3.63) is 35.4 Å². The van der Waals surface area contributed by atoms with Crippen molar-refractivity contribution in [3.63, 3.8) is 0 Å². The van der Waals surface area contributed by atoms with Gasteiger partial charge in [0.15, 0.2) is 0 Å². The summed E-state index contributed by atoms with van der Waals surface area (Å²) in [6, 6.07) is 8.84. The molecule has 18 heavy (non-hydrogen) atoms. The van der Waals surface area contributed by atoms with Gasteiger partial charge in [0.1, 0.15) is 0 Å². The third-order valence-corrected chi connectivity index (χ3v) is 3.97. The van der Waals surface area contributed by atoms with Crippen LogP contribution in [0.5, 0.6) is 0 Å². The first-order chi connectivity index (χ1) is 8.52. The maximum atomic E-state index is 10.0. The van der Waals surface area contributed by atoms with E-state index in [1.807, 2.05) is 6.92 Å². The van der Waals surface area contributed by atoms with Crippen LogP contribution in [0, 0.1) is 6.92 Å². The molecule has 0 saturated carbocycles. The second kappa shape index (κ2) is 5.39. The fourth-order valence-corrected chi connectivity index (χ4v) is 2.69. The summed E-state index contributed by atoms with van der Waals surface area (Å²) in [4.78, 5) is 2.40. The molecule has 1 aliphatic heterocycles. The molecule has 1 fully saturated rings. The molecule has 0 radical (unpaired) electrons. The van der Waals surface area contributed by atoms with Crippen LogP contribution in [-0.2, 0) is 0 Å². The molecule has 0 aromatic heterocycles. The van der Waals surface area contributed by atoms with E-state index in [9.17, 15) is 5.11 Å². The molecule has 1 aliphatic rings. The second-order valence-electron chi connectivity index (χ2n) is 5.70. The molecule has 1 saturated heterocycles. The minimum absolute atomic E-state index is 0.279. The average Bonchev–Trinajstić information content (AvgIpc) is 2.32. The van der Waals surface area contributed by atoms with E-state index in [1.54, 1.807) is 0 Å². The fraction of sp³-hybridized carbons (Fsp3) is 0.600. The zero-order valence-electron chi connectivity index (χ0n) is 11.4. The minimum atomic E-state index is -0.498. The zero-order valence-corrected chi connectivity index (χ0v) is 11.4. The van der Waals surface area contributed by atoms with Crippen molar-refractivity contribution in [3.8, 4) is 0 Å². The number of rotatable bonds is 3. The summed E-state index contributed by atoms with van der Waals surface area (Å²) in [7, 11) is 0. The number of aliphatic hydroxyl groups is 1. The van der Waals surface area contributed by atoms with E-state index in [0.29, 0.717) is 6.54 Å². The molecular weight excluding hydrogens is 224 g/mol. The predicted octanol–water partition coefficient (Wildman–Crippen LogP) is 1.84. The smallest absolute Gasteiger partial charge is 0.0644 e. The van der Waals surface area contributed by atoms with Crippen molar-refractivity contribution in [2.45, 2.75) is 38.3 Å². The van der Waals surface area contributed by atoms with Gasteiger partial charge in [-0.1, -0.05) is 29.8 Å². The van der Waals surface area contributed by atoms with E-state index in [0.717, 1.165) is 25.9 Å². The van der Waals surface area contributed by atoms with Crippen LogP contribution in [0.15, 0.2) is 24.3 Å². The Kier molecular flexibility index (Phi) is 4.05. The molecule has 2 rings (SSSR count). The summed E-state index contributed by atoms with van der Waals surface area (Å²) < 4.78 is 0. The number of aryl methyl sites for hydroxylation is 1. The molecule has 1 heterocycles. The van der Waals surface area contributed by atoms with Crippen LogP contribution in [0.25, 0.3) is 0 Å². The Balaban J connectivity index is 2.10. The molecule has 3 heteroatoms. The highest BCUT2D eigenvalue weighted by Gasteiger charge is 2.30. The normalized spacial score (nSPS) is 21.8. The monoisotopic (exact) mass is 248 g/mol. The number of benzene rings is 1. The lowest BCUT2D eigenvalue weighted by Crippen LogP contribution is -2.45. The lowest BCUT2D eigenvalue weighted by molar-refractivity contribution is -0.0160. The quantitative estimate of drug-likeness (QED) is 0.858. The van der Waals surface area contributed by atoms with Gasteiger partial charge in [0, 0.05) is 25.7 Å². The molecule has 3 nitrogen and oxygen atoms in total. The molecule has 0 amide bonds. The number of hydrogen-bond donors (Lipinski definition) is 2. The Morgan fingerprint density at radius 3 is 2.61 bits per heavy atom. The highest BCUT2D eigenvalue weighted by molar-refractivity contribution is 5.25. The van der Waals surface area contributed by atoms with Gasteiger partial charge in [0.05, 0.1) is 5.60 Å². The van der Waals surface area contributed by atoms with Crippen LogP contribution in [0.3, 0.4) is 0 Å². The van der Waals surface area contributed by atoms with Gasteiger partial charge in [-0.2, -0.15) is 0 Å². The summed E-state index contributed by atoms with van der Waals surface area (Å²) in [5.74, 6) is 0. The number of hydrogen-bond acceptors (Lipinski definition) is 3. The van der Waals surface area contributed by atoms with E-state index in [-0.39, 0.29) is 6.04 Å². The van der Waals surface area contributed by atoms with Gasteiger partial charge in [-0.25, -0.2) is 0 Å². The van der Waals surface area contributed by atoms with Crippen molar-refractivity contribution >= 4 is 0 Å². The summed E-state index contributed by atoms with van der Waals surface area (Å²) in [5.41, 5.74) is 8.02. The Bertz CT molecular complexity index is 393. The van der Waals surface area contributed by atoms with Crippen LogP contribution in [0.2, 0.25) is 0 Å². The molecular formula is C15H24N2O. The van der Waals surface area contributed by atoms with Crippen molar-refractivity contribution in [2.75, 3.05) is 19.6 Å². The van der Waals surface area contributed by atoms with E-state index in [4.69, 9.17) is 5.73 Å². The third-order valence-electron chi connectivity index (χ3n) is 3.97. The van der Waals surface area contributed by atoms with E-state index >= 15 is 0 Å². The fourth-order valence-electron chi connectivity index (χ4n) is 2.69. The first-order valence-electron chi connectivity index (χ1n) is 6.75. The molecule has 1 aromatic carbocycles. The van der Waals surface area contributed by atoms with Gasteiger partial charge in [0.25, 0.3) is 0 Å². The number of likely N-dealkylation sites (tertiary alicyclic amines) is 1. The molecule has 100 valence electrons. The van der Waals surface area contributed by atoms with Crippen LogP contribution in [0.4, 0.5) is 0 Å². The lowest BCUT2D eigenvalue weighted by atomic mass is 9.91. The molecule has 1 aromatic rings. The minimum Gasteiger partial charge on any atom is -0.390 e. The van der Waals surface area contributed by atoms with Crippen molar-refractivity contribution < 1.29 is 5.11 Å². The van der Waals surface area contributed by atoms with Gasteiger partial charge in [-0.3, -0.25) is 4.90 Å². The summed E-state index contributed by atoms with van der Waals surface area (Å²) in [5, 5.41) is 10.0. The maximum Gasteiger partial charge on any atom is 0.0644 e. The molecule has 0 aliphatic carbocycles. The Hall–Kier alpha value is -0.900. The summed E-state index contributed by atoms with van der Waals surface area (Å²) in [6.45, 7) is 6.50. The van der Waals surface area contributed by atoms with Gasteiger partial charge in [-0.05, 0) is 32.3 Å². The van der Waals surface area contributed by atoms with E-state index < -0.39 is 5.60 Å². The SMILES string of the molecule is Cc1cccc(C(CN)N2CCC(C)(O)CC2)c1. The third kappa shape index (κ3) is 3.10. The number of nitrogens with two attached hydrogens (primary N) is 1. The van der Waals surface area contributed by atoms with Crippen molar-refractivity contribution in [1.29, 1.82) is 0 Å². The Morgan fingerprint density at radius 1 is 1.39 bits per heavy atom. The summed E-state index contributed by atoms with van der Waals surface area (Å²) >= 11 is 0. The highest BCUT2D eigenvalue weighted by Crippen LogP contribution is 2.28. The zero-order chi connectivity index (χ0) is 13.2. The van der Waals surface area contributed by atoms with Gasteiger partial charge in [0.2, 0.25) is 0 Å². The number of piperidine rings is 1. The first-order valence-corrected chi connectivity index (χ1v) is 6.75. The average molecular weight is 248 g/mol. The molecule has 1 atom stereocenters. The van der Waals surface area contributed by atoms with Crippen molar-refractivity contribution in [1.82, 2.24) is 4.90 Å².